The summed E-state index contributed by atoms with van der Waals surface area (Å²) in [6, 6.07) is 0. The average Bonchev–Trinajstić information content (AvgIpc) is 1.99. The zero-order valence-electron chi connectivity index (χ0n) is 7.57. The lowest BCUT2D eigenvalue weighted by molar-refractivity contribution is -0.215. The van der Waals surface area contributed by atoms with Crippen LogP contribution in [-0.4, -0.2) is 18.7 Å². The van der Waals surface area contributed by atoms with Crippen LogP contribution in [0.4, 0.5) is 0 Å². The smallest absolute Gasteiger partial charge is 0.310 e. The molecule has 0 fully saturated rings. The number of rotatable bonds is 4. The molecule has 0 aliphatic rings. The molecule has 0 saturated heterocycles. The van der Waals surface area contributed by atoms with Gasteiger partial charge in [0.15, 0.2) is 0 Å². The van der Waals surface area contributed by atoms with Gasteiger partial charge in [0, 0.05) is 14.0 Å². The first-order valence-electron chi connectivity index (χ1n) is 3.44. The van der Waals surface area contributed by atoms with E-state index in [4.69, 9.17) is 0 Å². The van der Waals surface area contributed by atoms with Gasteiger partial charge >= 0.3 is 13.6 Å². The minimum absolute atomic E-state index is 0.346. The Morgan fingerprint density at radius 2 is 1.92 bits per heavy atom. The molecule has 0 bridgehead atoms. The first-order valence-corrected chi connectivity index (χ1v) is 5.06. The van der Waals surface area contributed by atoms with Crippen molar-refractivity contribution in [2.75, 3.05) is 7.11 Å². The van der Waals surface area contributed by atoms with Crippen LogP contribution in [0.1, 0.15) is 20.8 Å². The molecule has 0 aromatic rings. The van der Waals surface area contributed by atoms with Crippen LogP contribution in [0.25, 0.3) is 0 Å². The molecular formula is C6H13O5P. The van der Waals surface area contributed by atoms with E-state index in [9.17, 15) is 9.36 Å². The molecule has 1 atom stereocenters. The molecule has 5 nitrogen and oxygen atoms in total. The van der Waals surface area contributed by atoms with Crippen LogP contribution in [0.3, 0.4) is 0 Å². The van der Waals surface area contributed by atoms with Crippen LogP contribution < -0.4 is 0 Å². The van der Waals surface area contributed by atoms with Crippen LogP contribution in [-0.2, 0) is 23.4 Å². The van der Waals surface area contributed by atoms with Crippen molar-refractivity contribution in [3.8, 4) is 0 Å². The molecule has 0 rings (SSSR count). The van der Waals surface area contributed by atoms with Gasteiger partial charge < -0.3 is 4.52 Å². The molecule has 72 valence electrons. The Hall–Kier alpha value is -0.380. The molecule has 0 heterocycles. The average molecular weight is 196 g/mol. The zero-order valence-corrected chi connectivity index (χ0v) is 8.46. The van der Waals surface area contributed by atoms with E-state index in [1.54, 1.807) is 13.8 Å². The highest BCUT2D eigenvalue weighted by Gasteiger charge is 2.30. The maximum Gasteiger partial charge on any atom is 0.371 e. The van der Waals surface area contributed by atoms with E-state index in [1.807, 2.05) is 0 Å². The van der Waals surface area contributed by atoms with Crippen molar-refractivity contribution in [1.82, 2.24) is 0 Å². The summed E-state index contributed by atoms with van der Waals surface area (Å²) >= 11 is 0. The Morgan fingerprint density at radius 1 is 1.42 bits per heavy atom. The first-order chi connectivity index (χ1) is 5.42. The highest BCUT2D eigenvalue weighted by molar-refractivity contribution is 7.54. The van der Waals surface area contributed by atoms with E-state index >= 15 is 0 Å². The Labute approximate surface area is 71.5 Å². The highest BCUT2D eigenvalue weighted by atomic mass is 31.2. The van der Waals surface area contributed by atoms with Gasteiger partial charge in [-0.25, -0.2) is 4.79 Å². The Morgan fingerprint density at radius 3 is 2.17 bits per heavy atom. The minimum Gasteiger partial charge on any atom is -0.310 e. The number of carbonyl (C=O) groups is 1. The molecular weight excluding hydrogens is 183 g/mol. The minimum atomic E-state index is -3.27. The Balaban J connectivity index is 4.16. The molecule has 0 amide bonds. The van der Waals surface area contributed by atoms with Crippen molar-refractivity contribution in [3.63, 3.8) is 0 Å². The maximum atomic E-state index is 11.5. The second-order valence-electron chi connectivity index (χ2n) is 2.47. The third kappa shape index (κ3) is 3.34. The van der Waals surface area contributed by atoms with Crippen molar-refractivity contribution >= 4 is 13.6 Å². The molecule has 0 aromatic carbocycles. The van der Waals surface area contributed by atoms with Gasteiger partial charge in [-0.3, -0.25) is 9.45 Å². The molecule has 12 heavy (non-hydrogen) atoms. The molecule has 1 unspecified atom stereocenters. The summed E-state index contributed by atoms with van der Waals surface area (Å²) in [5.41, 5.74) is -0.346. The molecule has 6 heteroatoms. The summed E-state index contributed by atoms with van der Waals surface area (Å²) in [5, 5.41) is 0. The van der Waals surface area contributed by atoms with Crippen LogP contribution >= 0.6 is 7.60 Å². The van der Waals surface area contributed by atoms with Crippen LogP contribution in [0.2, 0.25) is 0 Å². The van der Waals surface area contributed by atoms with E-state index in [2.05, 4.69) is 14.1 Å². The monoisotopic (exact) mass is 196 g/mol. The Kier molecular flexibility index (Phi) is 4.45. The highest BCUT2D eigenvalue weighted by Crippen LogP contribution is 2.52. The lowest BCUT2D eigenvalue weighted by Crippen LogP contribution is -2.07. The summed E-state index contributed by atoms with van der Waals surface area (Å²) in [5.74, 6) is -0.659. The van der Waals surface area contributed by atoms with Crippen LogP contribution in [0, 0.1) is 0 Å². The van der Waals surface area contributed by atoms with E-state index in [0.717, 1.165) is 6.92 Å². The van der Waals surface area contributed by atoms with E-state index < -0.39 is 13.6 Å². The quantitative estimate of drug-likeness (QED) is 0.389. The maximum absolute atomic E-state index is 11.5. The normalized spacial score (nSPS) is 15.8. The first kappa shape index (κ1) is 11.6. The molecule has 0 aliphatic heterocycles. The third-order valence-corrected chi connectivity index (χ3v) is 3.20. The van der Waals surface area contributed by atoms with Crippen molar-refractivity contribution in [3.05, 3.63) is 0 Å². The Bertz CT molecular complexity index is 200. The molecule has 0 N–H and O–H groups in total. The fraction of sp³-hybridized carbons (Fsp3) is 0.833. The predicted molar refractivity (Wildman–Crippen MR) is 42.6 cm³/mol. The lowest BCUT2D eigenvalue weighted by atomic mass is 10.6. The summed E-state index contributed by atoms with van der Waals surface area (Å²) in [4.78, 5) is 14.4. The van der Waals surface area contributed by atoms with Crippen molar-refractivity contribution in [2.45, 2.75) is 26.4 Å². The molecule has 0 aromatic heterocycles. The van der Waals surface area contributed by atoms with Gasteiger partial charge in [0.05, 0.1) is 5.66 Å². The van der Waals surface area contributed by atoms with Gasteiger partial charge in [-0.2, -0.15) is 0 Å². The zero-order chi connectivity index (χ0) is 9.78. The van der Waals surface area contributed by atoms with Gasteiger partial charge in [0.2, 0.25) is 0 Å². The fourth-order valence-corrected chi connectivity index (χ4v) is 1.30. The van der Waals surface area contributed by atoms with E-state index in [1.165, 1.54) is 7.11 Å². The van der Waals surface area contributed by atoms with Gasteiger partial charge in [-0.1, -0.05) is 18.5 Å². The summed E-state index contributed by atoms with van der Waals surface area (Å²) in [7, 11) is -2.03. The SMILES string of the molecule is COP(=O)(OOC(C)=O)C(C)C. The largest absolute Gasteiger partial charge is 0.371 e. The predicted octanol–water partition coefficient (Wildman–Crippen LogP) is 1.73. The second-order valence-corrected chi connectivity index (χ2v) is 5.09. The van der Waals surface area contributed by atoms with Crippen LogP contribution in [0.5, 0.6) is 0 Å². The summed E-state index contributed by atoms with van der Waals surface area (Å²) in [6.45, 7) is 4.45. The molecule has 0 spiro atoms. The van der Waals surface area contributed by atoms with Gasteiger partial charge in [-0.05, 0) is 0 Å². The number of carbonyl (C=O) groups excluding carboxylic acids is 1. The topological polar surface area (TPSA) is 61.8 Å². The van der Waals surface area contributed by atoms with Crippen molar-refractivity contribution < 1.29 is 23.4 Å². The summed E-state index contributed by atoms with van der Waals surface area (Å²) < 4.78 is 20.5. The third-order valence-electron chi connectivity index (χ3n) is 1.15. The van der Waals surface area contributed by atoms with E-state index in [0.29, 0.717) is 0 Å². The second kappa shape index (κ2) is 4.60. The standard InChI is InChI=1S/C6H13O5P/c1-5(2)12(8,9-4)11-10-6(3)7/h5H,1-4H3. The van der Waals surface area contributed by atoms with Crippen LogP contribution in [0.15, 0.2) is 0 Å². The van der Waals surface area contributed by atoms with Crippen molar-refractivity contribution in [1.29, 1.82) is 0 Å². The van der Waals surface area contributed by atoms with Gasteiger partial charge in [0.25, 0.3) is 0 Å². The van der Waals surface area contributed by atoms with E-state index in [-0.39, 0.29) is 5.66 Å². The lowest BCUT2D eigenvalue weighted by Gasteiger charge is -2.16. The molecule has 0 aliphatic carbocycles. The summed E-state index contributed by atoms with van der Waals surface area (Å²) in [6.07, 6.45) is 0. The van der Waals surface area contributed by atoms with Gasteiger partial charge in [0.1, 0.15) is 0 Å². The fourth-order valence-electron chi connectivity index (χ4n) is 0.432. The number of hydrogen-bond donors (Lipinski definition) is 0. The van der Waals surface area contributed by atoms with Gasteiger partial charge in [-0.15, -0.1) is 0 Å². The molecule has 0 radical (unpaired) electrons. The van der Waals surface area contributed by atoms with Crippen molar-refractivity contribution in [2.24, 2.45) is 0 Å². The number of hydrogen-bond acceptors (Lipinski definition) is 5. The molecule has 0 saturated carbocycles.